The largest absolute Gasteiger partial charge is 0.475 e. The van der Waals surface area contributed by atoms with E-state index in [4.69, 9.17) is 14.7 Å². The van der Waals surface area contributed by atoms with Gasteiger partial charge >= 0.3 is 0 Å². The van der Waals surface area contributed by atoms with Crippen molar-refractivity contribution in [1.29, 1.82) is 0 Å². The molecule has 3 atom stereocenters. The van der Waals surface area contributed by atoms with Gasteiger partial charge in [-0.05, 0) is 99.5 Å². The lowest BCUT2D eigenvalue weighted by Crippen LogP contribution is -2.45. The number of aromatic nitrogens is 4. The fourth-order valence-electron chi connectivity index (χ4n) is 8.53. The second kappa shape index (κ2) is 12.3. The van der Waals surface area contributed by atoms with E-state index in [-0.39, 0.29) is 52.7 Å². The zero-order valence-electron chi connectivity index (χ0n) is 30.1. The minimum Gasteiger partial charge on any atom is -0.475 e. The van der Waals surface area contributed by atoms with E-state index in [1.807, 2.05) is 50.1 Å². The highest BCUT2D eigenvalue weighted by atomic mass is 32.2. The van der Waals surface area contributed by atoms with Crippen molar-refractivity contribution < 1.29 is 17.9 Å². The number of nitrogens with zero attached hydrogens (tertiary/aromatic N) is 6. The van der Waals surface area contributed by atoms with Crippen LogP contribution in [-0.2, 0) is 10.0 Å². The first-order valence-electron chi connectivity index (χ1n) is 17.9. The molecule has 1 amide bonds. The van der Waals surface area contributed by atoms with Crippen molar-refractivity contribution in [2.45, 2.75) is 89.7 Å². The number of hydrogen-bond donors (Lipinski definition) is 1. The van der Waals surface area contributed by atoms with Gasteiger partial charge in [0.1, 0.15) is 12.4 Å². The Morgan fingerprint density at radius 1 is 1.00 bits per heavy atom. The van der Waals surface area contributed by atoms with Crippen molar-refractivity contribution in [2.75, 3.05) is 23.3 Å². The molecule has 1 saturated heterocycles. The Bertz CT molecular complexity index is 2120. The molecule has 12 heteroatoms. The Balaban J connectivity index is 1.23. The van der Waals surface area contributed by atoms with E-state index in [0.29, 0.717) is 23.6 Å². The van der Waals surface area contributed by atoms with E-state index in [0.717, 1.165) is 33.9 Å². The number of carbonyl (C=O) groups is 1. The number of rotatable bonds is 5. The molecule has 11 nitrogen and oxygen atoms in total. The standard InChI is InChI=1S/C39H45N7O4S/c1-22(2)29-16-31(36-25(5)40-20-33(42-36)45(6)27-18-39(19-27)13-14-39)46-32(29)21-50-34-17-30(35-23(3)9-7-10-24(35)4)41-38(43-34)44-51(48,49)28-12-8-11-26(15-28)37(46)47/h7-12,15,17,20,22,27,29,31-32H,13-14,16,18-19,21H2,1-6H3,(H,41,43,44). The maximum absolute atomic E-state index is 14.8. The van der Waals surface area contributed by atoms with Gasteiger partial charge in [-0.1, -0.05) is 38.1 Å². The van der Waals surface area contributed by atoms with Crippen LogP contribution in [0.4, 0.5) is 11.8 Å². The molecule has 3 unspecified atom stereocenters. The highest BCUT2D eigenvalue weighted by Crippen LogP contribution is 2.62. The summed E-state index contributed by atoms with van der Waals surface area (Å²) in [4.78, 5) is 38.1. The Labute approximate surface area is 299 Å². The molecule has 2 saturated carbocycles. The first kappa shape index (κ1) is 33.6. The number of nitrogens with one attached hydrogen (secondary N) is 1. The van der Waals surface area contributed by atoms with Crippen LogP contribution in [0.3, 0.4) is 0 Å². The number of ether oxygens (including phenoxy) is 1. The van der Waals surface area contributed by atoms with Gasteiger partial charge in [0.15, 0.2) is 0 Å². The second-order valence-corrected chi connectivity index (χ2v) is 17.1. The van der Waals surface area contributed by atoms with Crippen LogP contribution in [0.25, 0.3) is 11.3 Å². The van der Waals surface area contributed by atoms with Crippen LogP contribution < -0.4 is 14.4 Å². The van der Waals surface area contributed by atoms with Crippen molar-refractivity contribution in [3.8, 4) is 17.1 Å². The summed E-state index contributed by atoms with van der Waals surface area (Å²) in [6, 6.07) is 13.6. The van der Waals surface area contributed by atoms with E-state index in [1.54, 1.807) is 18.2 Å². The van der Waals surface area contributed by atoms with Crippen molar-refractivity contribution in [3.05, 3.63) is 82.8 Å². The highest BCUT2D eigenvalue weighted by molar-refractivity contribution is 7.92. The van der Waals surface area contributed by atoms with Crippen LogP contribution in [0, 0.1) is 38.0 Å². The van der Waals surface area contributed by atoms with Crippen LogP contribution >= 0.6 is 0 Å². The van der Waals surface area contributed by atoms with Crippen LogP contribution in [0.5, 0.6) is 5.88 Å². The molecule has 2 aliphatic heterocycles. The van der Waals surface area contributed by atoms with Crippen LogP contribution in [-0.4, -0.2) is 64.9 Å². The zero-order valence-corrected chi connectivity index (χ0v) is 30.9. The summed E-state index contributed by atoms with van der Waals surface area (Å²) in [5.74, 6) is 0.903. The topological polar surface area (TPSA) is 131 Å². The van der Waals surface area contributed by atoms with Crippen LogP contribution in [0.2, 0.25) is 0 Å². The molecule has 4 heterocycles. The number of fused-ring (bicyclic) bond motifs is 5. The van der Waals surface area contributed by atoms with E-state index in [1.165, 1.54) is 37.8 Å². The molecule has 4 aliphatic rings. The third-order valence-electron chi connectivity index (χ3n) is 11.7. The smallest absolute Gasteiger partial charge is 0.264 e. The number of sulfonamides is 1. The average molecular weight is 708 g/mol. The zero-order chi connectivity index (χ0) is 35.8. The Kier molecular flexibility index (Phi) is 8.08. The SMILES string of the molecule is Cc1cccc(C)c1-c1cc2nc(n1)NS(=O)(=O)c1cccc(c1)C(=O)N1C(c3nc(N(C)C4CC5(CC5)C4)cnc3C)CC(C(C)C)C1CO2. The van der Waals surface area contributed by atoms with Crippen LogP contribution in [0.1, 0.15) is 84.9 Å². The first-order valence-corrected chi connectivity index (χ1v) is 19.4. The molecule has 3 fully saturated rings. The Hall–Kier alpha value is -4.58. The lowest BCUT2D eigenvalue weighted by Gasteiger charge is -2.42. The van der Waals surface area contributed by atoms with E-state index >= 15 is 0 Å². The number of anilines is 2. The third-order valence-corrected chi connectivity index (χ3v) is 13.1. The predicted octanol–water partition coefficient (Wildman–Crippen LogP) is 6.66. The lowest BCUT2D eigenvalue weighted by atomic mass is 9.76. The van der Waals surface area contributed by atoms with E-state index < -0.39 is 16.1 Å². The van der Waals surface area contributed by atoms with Gasteiger partial charge in [0.05, 0.1) is 40.3 Å². The number of hydrogen-bond acceptors (Lipinski definition) is 9. The van der Waals surface area contributed by atoms with Gasteiger partial charge in [-0.15, -0.1) is 0 Å². The van der Waals surface area contributed by atoms with Gasteiger partial charge in [-0.3, -0.25) is 9.78 Å². The van der Waals surface area contributed by atoms with Gasteiger partial charge in [0.2, 0.25) is 11.8 Å². The lowest BCUT2D eigenvalue weighted by molar-refractivity contribution is 0.0556. The highest BCUT2D eigenvalue weighted by Gasteiger charge is 2.54. The summed E-state index contributed by atoms with van der Waals surface area (Å²) < 4.78 is 36.7. The maximum atomic E-state index is 14.8. The minimum atomic E-state index is -4.17. The van der Waals surface area contributed by atoms with Gasteiger partial charge in [0.25, 0.3) is 15.9 Å². The predicted molar refractivity (Wildman–Crippen MR) is 195 cm³/mol. The molecule has 1 N–H and O–H groups in total. The molecular weight excluding hydrogens is 663 g/mol. The van der Waals surface area contributed by atoms with Gasteiger partial charge < -0.3 is 14.5 Å². The summed E-state index contributed by atoms with van der Waals surface area (Å²) in [6.45, 7) is 10.4. The van der Waals surface area contributed by atoms with Gasteiger partial charge in [-0.2, -0.15) is 4.98 Å². The molecule has 51 heavy (non-hydrogen) atoms. The Morgan fingerprint density at radius 2 is 1.73 bits per heavy atom. The molecule has 2 aromatic heterocycles. The van der Waals surface area contributed by atoms with Crippen molar-refractivity contribution in [1.82, 2.24) is 24.8 Å². The number of benzene rings is 2. The summed E-state index contributed by atoms with van der Waals surface area (Å²) in [6.07, 6.45) is 7.51. The third kappa shape index (κ3) is 6.00. The average Bonchev–Trinajstić information content (AvgIpc) is 3.80. The molecule has 4 bridgehead atoms. The maximum Gasteiger partial charge on any atom is 0.264 e. The molecule has 2 aromatic carbocycles. The van der Waals surface area contributed by atoms with Gasteiger partial charge in [0, 0.05) is 30.3 Å². The molecule has 4 aromatic rings. The molecule has 1 spiro atoms. The first-order chi connectivity index (χ1) is 24.3. The molecular formula is C39H45N7O4S. The summed E-state index contributed by atoms with van der Waals surface area (Å²) in [7, 11) is -2.08. The monoisotopic (exact) mass is 707 g/mol. The number of amides is 1. The normalized spacial score (nSPS) is 23.3. The molecule has 2 aliphatic carbocycles. The number of carbonyl (C=O) groups excluding carboxylic acids is 1. The fourth-order valence-corrected chi connectivity index (χ4v) is 9.52. The van der Waals surface area contributed by atoms with E-state index in [9.17, 15) is 13.2 Å². The fraction of sp³-hybridized carbons (Fsp3) is 0.462. The summed E-state index contributed by atoms with van der Waals surface area (Å²) >= 11 is 0. The quantitative estimate of drug-likeness (QED) is 0.242. The Morgan fingerprint density at radius 3 is 2.43 bits per heavy atom. The minimum absolute atomic E-state index is 0.0532. The van der Waals surface area contributed by atoms with Crippen molar-refractivity contribution in [3.63, 3.8) is 0 Å². The second-order valence-electron chi connectivity index (χ2n) is 15.4. The summed E-state index contributed by atoms with van der Waals surface area (Å²) in [5, 5.41) is 0. The van der Waals surface area contributed by atoms with Crippen molar-refractivity contribution >= 4 is 27.7 Å². The van der Waals surface area contributed by atoms with Crippen molar-refractivity contribution in [2.24, 2.45) is 17.3 Å². The molecule has 0 radical (unpaired) electrons. The molecule has 266 valence electrons. The molecule has 8 rings (SSSR count). The van der Waals surface area contributed by atoms with E-state index in [2.05, 4.69) is 40.5 Å². The summed E-state index contributed by atoms with van der Waals surface area (Å²) in [5.41, 5.74) is 5.74. The number of aryl methyl sites for hydroxylation is 3. The van der Waals surface area contributed by atoms with Crippen LogP contribution in [0.15, 0.2) is 59.6 Å². The van der Waals surface area contributed by atoms with Gasteiger partial charge in [-0.25, -0.2) is 23.1 Å².